The summed E-state index contributed by atoms with van der Waals surface area (Å²) in [5.74, 6) is 1.32. The van der Waals surface area contributed by atoms with E-state index >= 15 is 0 Å². The first kappa shape index (κ1) is 15.8. The number of thiazole rings is 1. The molecule has 2 aliphatic rings. The van der Waals surface area contributed by atoms with Gasteiger partial charge in [0.25, 0.3) is 0 Å². The summed E-state index contributed by atoms with van der Waals surface area (Å²) in [6.07, 6.45) is 6.59. The second-order valence-electron chi connectivity index (χ2n) is 7.58. The minimum absolute atomic E-state index is 0.244. The molecule has 0 unspecified atom stereocenters. The lowest BCUT2D eigenvalue weighted by atomic mass is 9.86. The van der Waals surface area contributed by atoms with E-state index in [0.717, 1.165) is 31.6 Å². The van der Waals surface area contributed by atoms with Gasteiger partial charge in [-0.25, -0.2) is 9.78 Å². The predicted octanol–water partition coefficient (Wildman–Crippen LogP) is 4.57. The number of amides is 1. The number of rotatable bonds is 3. The van der Waals surface area contributed by atoms with Crippen molar-refractivity contribution in [2.45, 2.75) is 82.8 Å². The quantitative estimate of drug-likeness (QED) is 0.886. The summed E-state index contributed by atoms with van der Waals surface area (Å²) in [7, 11) is 0. The second kappa shape index (κ2) is 6.19. The number of alkyl carbamates (subject to hydrolysis) is 1. The van der Waals surface area contributed by atoms with E-state index in [1.54, 1.807) is 0 Å². The molecule has 1 heterocycles. The van der Waals surface area contributed by atoms with Gasteiger partial charge in [-0.1, -0.05) is 0 Å². The van der Waals surface area contributed by atoms with Crippen LogP contribution in [0.2, 0.25) is 0 Å². The maximum Gasteiger partial charge on any atom is 0.407 e. The molecule has 0 spiro atoms. The van der Waals surface area contributed by atoms with E-state index < -0.39 is 5.60 Å². The number of ether oxygens (including phenoxy) is 1. The Bertz CT molecular complexity index is 523. The number of nitrogens with zero attached hydrogens (tertiary/aromatic N) is 1. The highest BCUT2D eigenvalue weighted by atomic mass is 32.1. The van der Waals surface area contributed by atoms with Crippen LogP contribution in [0, 0.1) is 0 Å². The first-order valence-corrected chi connectivity index (χ1v) is 9.23. The summed E-state index contributed by atoms with van der Waals surface area (Å²) in [6, 6.07) is 0.244. The Hall–Kier alpha value is -1.10. The SMILES string of the molecule is CC(C)(C)OC(=O)N[C@H]1CC[C@H](c2nc(C3CC3)cs2)CC1. The van der Waals surface area contributed by atoms with Gasteiger partial charge >= 0.3 is 6.09 Å². The summed E-state index contributed by atoms with van der Waals surface area (Å²) < 4.78 is 5.33. The van der Waals surface area contributed by atoms with Crippen LogP contribution in [0.1, 0.15) is 81.8 Å². The Balaban J connectivity index is 1.46. The van der Waals surface area contributed by atoms with Crippen molar-refractivity contribution in [2.24, 2.45) is 0 Å². The fourth-order valence-corrected chi connectivity index (χ4v) is 4.09. The predicted molar refractivity (Wildman–Crippen MR) is 88.5 cm³/mol. The molecule has 1 amide bonds. The van der Waals surface area contributed by atoms with Crippen molar-refractivity contribution in [3.05, 3.63) is 16.1 Å². The molecule has 0 atom stereocenters. The summed E-state index contributed by atoms with van der Waals surface area (Å²) >= 11 is 1.82. The molecule has 0 aliphatic heterocycles. The first-order valence-electron chi connectivity index (χ1n) is 8.35. The lowest BCUT2D eigenvalue weighted by Crippen LogP contribution is -2.40. The fraction of sp³-hybridized carbons (Fsp3) is 0.765. The van der Waals surface area contributed by atoms with Crippen molar-refractivity contribution < 1.29 is 9.53 Å². The molecular weight excluding hydrogens is 296 g/mol. The molecule has 22 heavy (non-hydrogen) atoms. The molecule has 0 saturated heterocycles. The maximum absolute atomic E-state index is 11.8. The van der Waals surface area contributed by atoms with Crippen molar-refractivity contribution in [3.8, 4) is 0 Å². The Labute approximate surface area is 136 Å². The van der Waals surface area contributed by atoms with Gasteiger partial charge in [-0.2, -0.15) is 0 Å². The van der Waals surface area contributed by atoms with E-state index in [2.05, 4.69) is 10.7 Å². The van der Waals surface area contributed by atoms with Crippen LogP contribution in [0.25, 0.3) is 0 Å². The highest BCUT2D eigenvalue weighted by molar-refractivity contribution is 7.09. The number of hydrogen-bond donors (Lipinski definition) is 1. The lowest BCUT2D eigenvalue weighted by Gasteiger charge is -2.29. The topological polar surface area (TPSA) is 51.2 Å². The number of carbonyl (C=O) groups excluding carboxylic acids is 1. The molecule has 1 aromatic rings. The molecular formula is C17H26N2O2S. The molecule has 0 bridgehead atoms. The first-order chi connectivity index (χ1) is 10.4. The summed E-state index contributed by atoms with van der Waals surface area (Å²) in [5.41, 5.74) is 0.885. The van der Waals surface area contributed by atoms with Crippen molar-refractivity contribution >= 4 is 17.4 Å². The normalized spacial score (nSPS) is 25.8. The zero-order valence-corrected chi connectivity index (χ0v) is 14.5. The summed E-state index contributed by atoms with van der Waals surface area (Å²) in [4.78, 5) is 16.7. The third-order valence-electron chi connectivity index (χ3n) is 4.33. The van der Waals surface area contributed by atoms with Crippen LogP contribution in [-0.2, 0) is 4.74 Å². The van der Waals surface area contributed by atoms with Crippen LogP contribution in [0.15, 0.2) is 5.38 Å². The average Bonchev–Trinajstić information content (AvgIpc) is 3.16. The molecule has 5 heteroatoms. The van der Waals surface area contributed by atoms with Crippen molar-refractivity contribution in [1.29, 1.82) is 0 Å². The van der Waals surface area contributed by atoms with Crippen LogP contribution in [-0.4, -0.2) is 22.7 Å². The lowest BCUT2D eigenvalue weighted by molar-refractivity contribution is 0.0491. The van der Waals surface area contributed by atoms with Crippen molar-refractivity contribution in [2.75, 3.05) is 0 Å². The zero-order valence-electron chi connectivity index (χ0n) is 13.7. The van der Waals surface area contributed by atoms with Gasteiger partial charge in [0.1, 0.15) is 5.60 Å². The van der Waals surface area contributed by atoms with Gasteiger partial charge in [-0.15, -0.1) is 11.3 Å². The minimum Gasteiger partial charge on any atom is -0.444 e. The van der Waals surface area contributed by atoms with Gasteiger partial charge in [0, 0.05) is 23.3 Å². The van der Waals surface area contributed by atoms with E-state index in [1.165, 1.54) is 23.5 Å². The van der Waals surface area contributed by atoms with Gasteiger partial charge in [0.2, 0.25) is 0 Å². The van der Waals surface area contributed by atoms with Gasteiger partial charge in [-0.05, 0) is 59.3 Å². The smallest absolute Gasteiger partial charge is 0.407 e. The fourth-order valence-electron chi connectivity index (χ4n) is 3.01. The van der Waals surface area contributed by atoms with Gasteiger partial charge < -0.3 is 10.1 Å². The van der Waals surface area contributed by atoms with Gasteiger partial charge in [0.15, 0.2) is 0 Å². The number of nitrogens with one attached hydrogen (secondary N) is 1. The Kier molecular flexibility index (Phi) is 4.44. The zero-order chi connectivity index (χ0) is 15.7. The highest BCUT2D eigenvalue weighted by Gasteiger charge is 2.30. The van der Waals surface area contributed by atoms with Crippen LogP contribution >= 0.6 is 11.3 Å². The molecule has 3 rings (SSSR count). The van der Waals surface area contributed by atoms with Crippen LogP contribution in [0.5, 0.6) is 0 Å². The Morgan fingerprint density at radius 3 is 2.41 bits per heavy atom. The molecule has 122 valence electrons. The standard InChI is InChI=1S/C17H26N2O2S/c1-17(2,3)21-16(20)18-13-8-6-12(7-9-13)15-19-14(10-22-15)11-4-5-11/h10-13H,4-9H2,1-3H3,(H,18,20)/t12-,13-. The number of carbonyl (C=O) groups is 1. The molecule has 2 saturated carbocycles. The van der Waals surface area contributed by atoms with E-state index in [-0.39, 0.29) is 12.1 Å². The average molecular weight is 322 g/mol. The monoisotopic (exact) mass is 322 g/mol. The molecule has 0 radical (unpaired) electrons. The maximum atomic E-state index is 11.8. The van der Waals surface area contributed by atoms with Crippen LogP contribution in [0.4, 0.5) is 4.79 Å². The summed E-state index contributed by atoms with van der Waals surface area (Å²) in [5, 5.41) is 6.55. The molecule has 2 aliphatic carbocycles. The van der Waals surface area contributed by atoms with Gasteiger partial charge in [0.05, 0.1) is 10.7 Å². The van der Waals surface area contributed by atoms with Crippen LogP contribution in [0.3, 0.4) is 0 Å². The third-order valence-corrected chi connectivity index (χ3v) is 5.36. The molecule has 2 fully saturated rings. The summed E-state index contributed by atoms with van der Waals surface area (Å²) in [6.45, 7) is 5.68. The van der Waals surface area contributed by atoms with Crippen molar-refractivity contribution in [3.63, 3.8) is 0 Å². The Morgan fingerprint density at radius 2 is 1.82 bits per heavy atom. The van der Waals surface area contributed by atoms with E-state index in [9.17, 15) is 4.79 Å². The van der Waals surface area contributed by atoms with Gasteiger partial charge in [-0.3, -0.25) is 0 Å². The third kappa shape index (κ3) is 4.22. The largest absolute Gasteiger partial charge is 0.444 e. The highest BCUT2D eigenvalue weighted by Crippen LogP contribution is 2.42. The van der Waals surface area contributed by atoms with Crippen LogP contribution < -0.4 is 5.32 Å². The van der Waals surface area contributed by atoms with E-state index in [1.807, 2.05) is 32.1 Å². The van der Waals surface area contributed by atoms with E-state index in [4.69, 9.17) is 9.72 Å². The Morgan fingerprint density at radius 1 is 1.18 bits per heavy atom. The molecule has 1 aromatic heterocycles. The minimum atomic E-state index is -0.429. The number of aromatic nitrogens is 1. The van der Waals surface area contributed by atoms with E-state index in [0.29, 0.717) is 5.92 Å². The molecule has 0 aromatic carbocycles. The number of hydrogen-bond acceptors (Lipinski definition) is 4. The molecule has 1 N–H and O–H groups in total. The molecule has 4 nitrogen and oxygen atoms in total. The second-order valence-corrected chi connectivity index (χ2v) is 8.47. The van der Waals surface area contributed by atoms with Crippen molar-refractivity contribution in [1.82, 2.24) is 10.3 Å².